The van der Waals surface area contributed by atoms with Crippen molar-refractivity contribution in [3.05, 3.63) is 35.9 Å². The van der Waals surface area contributed by atoms with Gasteiger partial charge in [-0.1, -0.05) is 50.1 Å². The summed E-state index contributed by atoms with van der Waals surface area (Å²) in [6, 6.07) is 9.87. The van der Waals surface area contributed by atoms with Gasteiger partial charge in [0.25, 0.3) is 0 Å². The van der Waals surface area contributed by atoms with Gasteiger partial charge in [0.2, 0.25) is 0 Å². The number of nitrogens with one attached hydrogen (secondary N) is 1. The van der Waals surface area contributed by atoms with E-state index < -0.39 is 0 Å². The molecule has 24 heavy (non-hydrogen) atoms. The molecule has 0 unspecified atom stereocenters. The summed E-state index contributed by atoms with van der Waals surface area (Å²) < 4.78 is 0. The highest BCUT2D eigenvalue weighted by molar-refractivity contribution is 5.97. The van der Waals surface area contributed by atoms with Gasteiger partial charge >= 0.3 is 6.03 Å². The quantitative estimate of drug-likeness (QED) is 0.856. The van der Waals surface area contributed by atoms with Gasteiger partial charge in [0.15, 0.2) is 5.78 Å². The predicted octanol–water partition coefficient (Wildman–Crippen LogP) is 3.87. The van der Waals surface area contributed by atoms with E-state index in [1.165, 1.54) is 19.3 Å². The standard InChI is InChI=1S/C20H28N2O2/c1-15-7-5-6-10-18(15)21-20(24)22-13-11-17(12-14-22)19(23)16-8-3-2-4-9-16/h2-4,8-9,15,17-18H,5-7,10-14H2,1H3,(H,21,24)/t15-,18-/m0/s1. The van der Waals surface area contributed by atoms with Crippen molar-refractivity contribution in [2.24, 2.45) is 11.8 Å². The van der Waals surface area contributed by atoms with Crippen LogP contribution in [0.5, 0.6) is 0 Å². The fourth-order valence-corrected chi connectivity index (χ4v) is 3.96. The SMILES string of the molecule is C[C@H]1CCCC[C@@H]1NC(=O)N1CCC(C(=O)c2ccccc2)CC1. The molecule has 1 aromatic rings. The molecule has 1 heterocycles. The third-order valence-corrected chi connectivity index (χ3v) is 5.63. The second-order valence-electron chi connectivity index (χ2n) is 7.31. The number of piperidine rings is 1. The molecular formula is C20H28N2O2. The van der Waals surface area contributed by atoms with Gasteiger partial charge in [-0.2, -0.15) is 0 Å². The summed E-state index contributed by atoms with van der Waals surface area (Å²) in [5.41, 5.74) is 0.788. The first-order valence-corrected chi connectivity index (χ1v) is 9.30. The molecule has 130 valence electrons. The van der Waals surface area contributed by atoms with Crippen LogP contribution in [0.25, 0.3) is 0 Å². The van der Waals surface area contributed by atoms with Crippen molar-refractivity contribution in [2.75, 3.05) is 13.1 Å². The lowest BCUT2D eigenvalue weighted by atomic mass is 9.86. The molecule has 4 nitrogen and oxygen atoms in total. The highest BCUT2D eigenvalue weighted by atomic mass is 16.2. The highest BCUT2D eigenvalue weighted by Gasteiger charge is 2.30. The number of nitrogens with zero attached hydrogens (tertiary/aromatic N) is 1. The van der Waals surface area contributed by atoms with Crippen LogP contribution in [0.4, 0.5) is 4.79 Å². The van der Waals surface area contributed by atoms with E-state index in [-0.39, 0.29) is 17.7 Å². The number of carbonyl (C=O) groups is 2. The molecule has 1 aromatic carbocycles. The number of hydrogen-bond acceptors (Lipinski definition) is 2. The van der Waals surface area contributed by atoms with Gasteiger partial charge in [-0.3, -0.25) is 4.79 Å². The van der Waals surface area contributed by atoms with Crippen LogP contribution in [0, 0.1) is 11.8 Å². The molecule has 1 saturated heterocycles. The molecule has 2 fully saturated rings. The molecule has 0 spiro atoms. The van der Waals surface area contributed by atoms with Crippen LogP contribution in [0.3, 0.4) is 0 Å². The van der Waals surface area contributed by atoms with E-state index >= 15 is 0 Å². The normalized spacial score (nSPS) is 25.3. The fourth-order valence-electron chi connectivity index (χ4n) is 3.96. The second-order valence-corrected chi connectivity index (χ2v) is 7.31. The number of rotatable bonds is 3. The summed E-state index contributed by atoms with van der Waals surface area (Å²) >= 11 is 0. The van der Waals surface area contributed by atoms with E-state index in [9.17, 15) is 9.59 Å². The van der Waals surface area contributed by atoms with E-state index in [1.54, 1.807) is 0 Å². The van der Waals surface area contributed by atoms with Crippen molar-refractivity contribution >= 4 is 11.8 Å². The third kappa shape index (κ3) is 3.97. The Labute approximate surface area is 144 Å². The molecule has 1 aliphatic heterocycles. The Balaban J connectivity index is 1.49. The van der Waals surface area contributed by atoms with Crippen LogP contribution >= 0.6 is 0 Å². The van der Waals surface area contributed by atoms with Crippen molar-refractivity contribution in [1.82, 2.24) is 10.2 Å². The van der Waals surface area contributed by atoms with Gasteiger partial charge < -0.3 is 10.2 Å². The molecular weight excluding hydrogens is 300 g/mol. The largest absolute Gasteiger partial charge is 0.335 e. The monoisotopic (exact) mass is 328 g/mol. The van der Waals surface area contributed by atoms with Crippen LogP contribution in [-0.2, 0) is 0 Å². The van der Waals surface area contributed by atoms with Crippen molar-refractivity contribution in [3.8, 4) is 0 Å². The Morgan fingerprint density at radius 3 is 2.33 bits per heavy atom. The minimum atomic E-state index is 0.0463. The second kappa shape index (κ2) is 7.82. The summed E-state index contributed by atoms with van der Waals surface area (Å²) in [5.74, 6) is 0.835. The molecule has 2 amide bonds. The van der Waals surface area contributed by atoms with E-state index in [4.69, 9.17) is 0 Å². The first-order valence-electron chi connectivity index (χ1n) is 9.30. The summed E-state index contributed by atoms with van der Waals surface area (Å²) in [6.07, 6.45) is 6.32. The fraction of sp³-hybridized carbons (Fsp3) is 0.600. The number of benzene rings is 1. The van der Waals surface area contributed by atoms with Gasteiger partial charge in [0.1, 0.15) is 0 Å². The van der Waals surface area contributed by atoms with Crippen LogP contribution in [0.15, 0.2) is 30.3 Å². The van der Waals surface area contributed by atoms with Crippen molar-refractivity contribution in [1.29, 1.82) is 0 Å². The summed E-state index contributed by atoms with van der Waals surface area (Å²) in [5, 5.41) is 3.22. The summed E-state index contributed by atoms with van der Waals surface area (Å²) in [6.45, 7) is 3.58. The zero-order valence-electron chi connectivity index (χ0n) is 14.5. The molecule has 1 saturated carbocycles. The highest BCUT2D eigenvalue weighted by Crippen LogP contribution is 2.25. The van der Waals surface area contributed by atoms with E-state index in [1.807, 2.05) is 35.2 Å². The van der Waals surface area contributed by atoms with Crippen molar-refractivity contribution in [2.45, 2.75) is 51.5 Å². The van der Waals surface area contributed by atoms with Crippen molar-refractivity contribution in [3.63, 3.8) is 0 Å². The van der Waals surface area contributed by atoms with Gasteiger partial charge in [-0.25, -0.2) is 4.79 Å². The number of amides is 2. The molecule has 2 atom stereocenters. The smallest absolute Gasteiger partial charge is 0.317 e. The molecule has 0 bridgehead atoms. The number of carbonyl (C=O) groups excluding carboxylic acids is 2. The number of likely N-dealkylation sites (tertiary alicyclic amines) is 1. The maximum absolute atomic E-state index is 12.5. The molecule has 0 aromatic heterocycles. The first kappa shape index (κ1) is 17.0. The Kier molecular flexibility index (Phi) is 5.54. The zero-order chi connectivity index (χ0) is 16.9. The molecule has 4 heteroatoms. The summed E-state index contributed by atoms with van der Waals surface area (Å²) in [7, 11) is 0. The number of urea groups is 1. The van der Waals surface area contributed by atoms with Crippen LogP contribution in [-0.4, -0.2) is 35.8 Å². The maximum Gasteiger partial charge on any atom is 0.317 e. The Morgan fingerprint density at radius 1 is 1.00 bits per heavy atom. The van der Waals surface area contributed by atoms with Gasteiger partial charge in [-0.05, 0) is 31.6 Å². The minimum absolute atomic E-state index is 0.0463. The van der Waals surface area contributed by atoms with Gasteiger partial charge in [-0.15, -0.1) is 0 Å². The minimum Gasteiger partial charge on any atom is -0.335 e. The summed E-state index contributed by atoms with van der Waals surface area (Å²) in [4.78, 5) is 26.9. The lowest BCUT2D eigenvalue weighted by molar-refractivity contribution is 0.0851. The van der Waals surface area contributed by atoms with Gasteiger partial charge in [0, 0.05) is 30.6 Å². The maximum atomic E-state index is 12.5. The molecule has 2 aliphatic rings. The zero-order valence-corrected chi connectivity index (χ0v) is 14.5. The Hall–Kier alpha value is -1.84. The number of hydrogen-bond donors (Lipinski definition) is 1. The van der Waals surface area contributed by atoms with E-state index in [0.717, 1.165) is 24.8 Å². The van der Waals surface area contributed by atoms with Crippen LogP contribution in [0.1, 0.15) is 55.8 Å². The van der Waals surface area contributed by atoms with Crippen LogP contribution < -0.4 is 5.32 Å². The average molecular weight is 328 g/mol. The van der Waals surface area contributed by atoms with E-state index in [2.05, 4.69) is 12.2 Å². The lowest BCUT2D eigenvalue weighted by Crippen LogP contribution is -2.50. The number of Topliss-reactive ketones (excluding diaryl/α,β-unsaturated/α-hetero) is 1. The topological polar surface area (TPSA) is 49.4 Å². The van der Waals surface area contributed by atoms with Crippen LogP contribution in [0.2, 0.25) is 0 Å². The average Bonchev–Trinajstić information content (AvgIpc) is 2.64. The molecule has 1 N–H and O–H groups in total. The van der Waals surface area contributed by atoms with Crippen molar-refractivity contribution < 1.29 is 9.59 Å². The first-order chi connectivity index (χ1) is 11.6. The lowest BCUT2D eigenvalue weighted by Gasteiger charge is -2.35. The van der Waals surface area contributed by atoms with Gasteiger partial charge in [0.05, 0.1) is 0 Å². The molecule has 0 radical (unpaired) electrons. The molecule has 1 aliphatic carbocycles. The molecule has 3 rings (SSSR count). The Morgan fingerprint density at radius 2 is 1.67 bits per heavy atom. The Bertz CT molecular complexity index is 564. The predicted molar refractivity (Wildman–Crippen MR) is 95.0 cm³/mol. The van der Waals surface area contributed by atoms with E-state index in [0.29, 0.717) is 25.0 Å². The third-order valence-electron chi connectivity index (χ3n) is 5.63. The number of ketones is 1.